The van der Waals surface area contributed by atoms with E-state index in [9.17, 15) is 24.0 Å². The van der Waals surface area contributed by atoms with Crippen LogP contribution in [0, 0.1) is 5.92 Å². The first-order valence-electron chi connectivity index (χ1n) is 9.04. The summed E-state index contributed by atoms with van der Waals surface area (Å²) in [6.07, 6.45) is 1.80. The molecule has 0 heterocycles. The summed E-state index contributed by atoms with van der Waals surface area (Å²) >= 11 is 1.47. The fourth-order valence-corrected chi connectivity index (χ4v) is 2.78. The molecule has 0 radical (unpaired) electrons. The van der Waals surface area contributed by atoms with Crippen LogP contribution < -0.4 is 21.7 Å². The largest absolute Gasteiger partial charge is 0.481 e. The molecular formula is C17H30N4O7S. The molecule has 3 atom stereocenters. The van der Waals surface area contributed by atoms with E-state index in [1.807, 2.05) is 25.4 Å². The second-order valence-electron chi connectivity index (χ2n) is 6.85. The fraction of sp³-hybridized carbons (Fsp3) is 0.706. The van der Waals surface area contributed by atoms with Gasteiger partial charge in [0.25, 0.3) is 0 Å². The van der Waals surface area contributed by atoms with Crippen molar-refractivity contribution in [3.63, 3.8) is 0 Å². The number of nitrogens with two attached hydrogens (primary N) is 1. The quantitative estimate of drug-likeness (QED) is 0.194. The van der Waals surface area contributed by atoms with E-state index in [1.165, 1.54) is 11.8 Å². The van der Waals surface area contributed by atoms with E-state index < -0.39 is 60.8 Å². The van der Waals surface area contributed by atoms with Crippen molar-refractivity contribution in [3.8, 4) is 0 Å². The normalized spacial score (nSPS) is 13.8. The number of carbonyl (C=O) groups is 5. The lowest BCUT2D eigenvalue weighted by atomic mass is 10.0. The van der Waals surface area contributed by atoms with Gasteiger partial charge >= 0.3 is 11.9 Å². The van der Waals surface area contributed by atoms with Gasteiger partial charge in [0.1, 0.15) is 12.1 Å². The highest BCUT2D eigenvalue weighted by Gasteiger charge is 2.26. The van der Waals surface area contributed by atoms with Gasteiger partial charge in [-0.25, -0.2) is 4.79 Å². The average molecular weight is 435 g/mol. The molecule has 0 aromatic rings. The first-order chi connectivity index (χ1) is 13.5. The second kappa shape index (κ2) is 13.8. The van der Waals surface area contributed by atoms with Crippen molar-refractivity contribution in [2.24, 2.45) is 11.7 Å². The summed E-state index contributed by atoms with van der Waals surface area (Å²) in [5.74, 6) is -4.08. The zero-order valence-corrected chi connectivity index (χ0v) is 17.6. The number of aliphatic carboxylic acids is 2. The molecule has 29 heavy (non-hydrogen) atoms. The van der Waals surface area contributed by atoms with Gasteiger partial charge < -0.3 is 31.9 Å². The zero-order chi connectivity index (χ0) is 22.6. The van der Waals surface area contributed by atoms with Crippen LogP contribution in [0.2, 0.25) is 0 Å². The fourth-order valence-electron chi connectivity index (χ4n) is 2.31. The number of hydrogen-bond acceptors (Lipinski definition) is 7. The van der Waals surface area contributed by atoms with Crippen LogP contribution in [-0.4, -0.2) is 76.6 Å². The molecule has 0 rings (SSSR count). The van der Waals surface area contributed by atoms with E-state index in [1.54, 1.807) is 0 Å². The number of rotatable bonds is 14. The number of carboxylic acids is 2. The van der Waals surface area contributed by atoms with Gasteiger partial charge in [-0.3, -0.25) is 19.2 Å². The third kappa shape index (κ3) is 12.0. The first kappa shape index (κ1) is 26.7. The van der Waals surface area contributed by atoms with Crippen molar-refractivity contribution < 1.29 is 34.2 Å². The Morgan fingerprint density at radius 2 is 1.62 bits per heavy atom. The van der Waals surface area contributed by atoms with E-state index in [0.717, 1.165) is 0 Å². The van der Waals surface area contributed by atoms with E-state index in [4.69, 9.17) is 15.9 Å². The van der Waals surface area contributed by atoms with E-state index in [-0.39, 0.29) is 5.92 Å². The lowest BCUT2D eigenvalue weighted by Gasteiger charge is -2.21. The van der Waals surface area contributed by atoms with E-state index >= 15 is 0 Å². The van der Waals surface area contributed by atoms with E-state index in [2.05, 4.69) is 10.6 Å². The summed E-state index contributed by atoms with van der Waals surface area (Å²) in [7, 11) is 0. The third-order valence-corrected chi connectivity index (χ3v) is 4.38. The highest BCUT2D eigenvalue weighted by atomic mass is 32.2. The molecule has 0 spiro atoms. The minimum Gasteiger partial charge on any atom is -0.481 e. The van der Waals surface area contributed by atoms with Crippen molar-refractivity contribution in [2.45, 2.75) is 51.2 Å². The first-order valence-corrected chi connectivity index (χ1v) is 10.4. The molecule has 0 bridgehead atoms. The molecular weight excluding hydrogens is 404 g/mol. The van der Waals surface area contributed by atoms with Crippen molar-refractivity contribution in [1.82, 2.24) is 16.0 Å². The molecule has 0 aliphatic heterocycles. The SMILES string of the molecule is CSCCC(NC(=O)C(N)CC(C)C)C(=O)NCC(=O)NC(CC(=O)O)C(=O)O. The molecule has 3 unspecified atom stereocenters. The molecule has 7 N–H and O–H groups in total. The number of nitrogens with one attached hydrogen (secondary N) is 3. The van der Waals surface area contributed by atoms with Crippen LogP contribution in [0.25, 0.3) is 0 Å². The number of hydrogen-bond donors (Lipinski definition) is 6. The van der Waals surface area contributed by atoms with Gasteiger partial charge in [-0.15, -0.1) is 0 Å². The maximum Gasteiger partial charge on any atom is 0.326 e. The summed E-state index contributed by atoms with van der Waals surface area (Å²) in [5.41, 5.74) is 5.82. The van der Waals surface area contributed by atoms with Crippen LogP contribution in [0.5, 0.6) is 0 Å². The molecule has 12 heteroatoms. The lowest BCUT2D eigenvalue weighted by molar-refractivity contribution is -0.147. The predicted molar refractivity (Wildman–Crippen MR) is 107 cm³/mol. The molecule has 0 saturated carbocycles. The van der Waals surface area contributed by atoms with Gasteiger partial charge in [0, 0.05) is 0 Å². The van der Waals surface area contributed by atoms with Crippen molar-refractivity contribution in [3.05, 3.63) is 0 Å². The summed E-state index contributed by atoms with van der Waals surface area (Å²) in [5, 5.41) is 24.5. The topological polar surface area (TPSA) is 188 Å². The van der Waals surface area contributed by atoms with Gasteiger partial charge in [-0.05, 0) is 30.8 Å². The molecule has 0 aliphatic rings. The van der Waals surface area contributed by atoms with Crippen LogP contribution >= 0.6 is 11.8 Å². The second-order valence-corrected chi connectivity index (χ2v) is 7.84. The Balaban J connectivity index is 4.80. The Morgan fingerprint density at radius 3 is 2.10 bits per heavy atom. The average Bonchev–Trinajstić information content (AvgIpc) is 2.61. The van der Waals surface area contributed by atoms with E-state index in [0.29, 0.717) is 18.6 Å². The molecule has 0 aromatic heterocycles. The molecule has 0 saturated heterocycles. The smallest absolute Gasteiger partial charge is 0.326 e. The van der Waals surface area contributed by atoms with Gasteiger partial charge in [-0.2, -0.15) is 11.8 Å². The number of amides is 3. The summed E-state index contributed by atoms with van der Waals surface area (Å²) in [6.45, 7) is 3.27. The maximum absolute atomic E-state index is 12.4. The highest BCUT2D eigenvalue weighted by molar-refractivity contribution is 7.98. The Hall–Kier alpha value is -2.34. The molecule has 0 aliphatic carbocycles. The molecule has 166 valence electrons. The summed E-state index contributed by atoms with van der Waals surface area (Å²) < 4.78 is 0. The summed E-state index contributed by atoms with van der Waals surface area (Å²) in [6, 6.07) is -3.29. The van der Waals surface area contributed by atoms with Gasteiger partial charge in [0.2, 0.25) is 17.7 Å². The van der Waals surface area contributed by atoms with Crippen LogP contribution in [0.1, 0.15) is 33.1 Å². The Labute approximate surface area is 173 Å². The molecule has 0 fully saturated rings. The van der Waals surface area contributed by atoms with Crippen molar-refractivity contribution in [2.75, 3.05) is 18.6 Å². The maximum atomic E-state index is 12.4. The van der Waals surface area contributed by atoms with Crippen LogP contribution in [0.15, 0.2) is 0 Å². The lowest BCUT2D eigenvalue weighted by Crippen LogP contribution is -2.54. The minimum absolute atomic E-state index is 0.200. The van der Waals surface area contributed by atoms with Gasteiger partial charge in [0.15, 0.2) is 0 Å². The number of carboxylic acid groups (broad SMARTS) is 2. The van der Waals surface area contributed by atoms with Gasteiger partial charge in [0.05, 0.1) is 19.0 Å². The Kier molecular flexibility index (Phi) is 12.7. The number of thioether (sulfide) groups is 1. The molecule has 0 aromatic carbocycles. The third-order valence-electron chi connectivity index (χ3n) is 3.74. The van der Waals surface area contributed by atoms with Crippen molar-refractivity contribution >= 4 is 41.4 Å². The zero-order valence-electron chi connectivity index (χ0n) is 16.8. The Morgan fingerprint density at radius 1 is 1.00 bits per heavy atom. The van der Waals surface area contributed by atoms with Crippen LogP contribution in [-0.2, 0) is 24.0 Å². The van der Waals surface area contributed by atoms with Crippen LogP contribution in [0.4, 0.5) is 0 Å². The Bertz CT molecular complexity index is 600. The highest BCUT2D eigenvalue weighted by Crippen LogP contribution is 2.05. The predicted octanol–water partition coefficient (Wildman–Crippen LogP) is -1.24. The van der Waals surface area contributed by atoms with Crippen LogP contribution in [0.3, 0.4) is 0 Å². The van der Waals surface area contributed by atoms with Gasteiger partial charge in [-0.1, -0.05) is 13.8 Å². The molecule has 3 amide bonds. The minimum atomic E-state index is -1.61. The van der Waals surface area contributed by atoms with Crippen molar-refractivity contribution in [1.29, 1.82) is 0 Å². The summed E-state index contributed by atoms with van der Waals surface area (Å²) in [4.78, 5) is 58.0. The molecule has 11 nitrogen and oxygen atoms in total. The standard InChI is InChI=1S/C17H30N4O7S/c1-9(2)6-10(18)15(25)21-11(4-5-29-3)16(26)19-8-13(22)20-12(17(27)28)7-14(23)24/h9-12H,4-8,18H2,1-3H3,(H,19,26)(H,20,22)(H,21,25)(H,23,24)(H,27,28). The monoisotopic (exact) mass is 434 g/mol. The number of carbonyl (C=O) groups excluding carboxylic acids is 3.